The van der Waals surface area contributed by atoms with Crippen LogP contribution < -0.4 is 5.43 Å². The molecule has 0 aliphatic carbocycles. The lowest BCUT2D eigenvalue weighted by Gasteiger charge is -2.11. The van der Waals surface area contributed by atoms with Crippen LogP contribution in [0.3, 0.4) is 0 Å². The molecule has 0 saturated carbocycles. The minimum absolute atomic E-state index is 0.0406. The van der Waals surface area contributed by atoms with E-state index in [0.29, 0.717) is 12.1 Å². The number of rotatable bonds is 4. The van der Waals surface area contributed by atoms with Crippen LogP contribution in [0.25, 0.3) is 0 Å². The highest BCUT2D eigenvalue weighted by atomic mass is 35.5. The van der Waals surface area contributed by atoms with Gasteiger partial charge in [0.15, 0.2) is 0 Å². The largest absolute Gasteiger partial charge is 0.416 e. The van der Waals surface area contributed by atoms with E-state index in [2.05, 4.69) is 10.5 Å². The van der Waals surface area contributed by atoms with E-state index >= 15 is 0 Å². The Morgan fingerprint density at radius 1 is 1.17 bits per heavy atom. The predicted molar refractivity (Wildman–Crippen MR) is 85.8 cm³/mol. The zero-order valence-electron chi connectivity index (χ0n) is 11.6. The summed E-state index contributed by atoms with van der Waals surface area (Å²) in [7, 11) is 0. The molecule has 1 N–H and O–H groups in total. The maximum atomic E-state index is 12.6. The van der Waals surface area contributed by atoms with Crippen LogP contribution in [0, 0.1) is 10.1 Å². The molecule has 0 fully saturated rings. The molecule has 0 aliphatic rings. The first kappa shape index (κ1) is 18.0. The predicted octanol–water partition coefficient (Wildman–Crippen LogP) is 5.37. The van der Waals surface area contributed by atoms with E-state index in [0.717, 1.165) is 6.21 Å². The number of alkyl halides is 3. The Kier molecular flexibility index (Phi) is 5.30. The monoisotopic (exact) mass is 377 g/mol. The van der Waals surface area contributed by atoms with Gasteiger partial charge in [0, 0.05) is 6.07 Å². The molecule has 24 heavy (non-hydrogen) atoms. The standard InChI is InChI=1S/C14H8Cl2F3N3O2/c15-10-5-9(14(17,18)19)6-11(16)13(10)21-20-7-8-3-1-2-4-12(8)22(23)24/h1-7,21H/b20-7+. The van der Waals surface area contributed by atoms with Crippen LogP contribution in [0.1, 0.15) is 11.1 Å². The molecule has 0 heterocycles. The van der Waals surface area contributed by atoms with Gasteiger partial charge in [-0.1, -0.05) is 35.3 Å². The number of nitro groups is 1. The zero-order valence-corrected chi connectivity index (χ0v) is 13.2. The second-order valence-corrected chi connectivity index (χ2v) is 5.31. The molecule has 0 aliphatic heterocycles. The molecule has 0 saturated heterocycles. The molecule has 0 atom stereocenters. The minimum atomic E-state index is -4.58. The van der Waals surface area contributed by atoms with Gasteiger partial charge in [-0.3, -0.25) is 15.5 Å². The number of halogens is 5. The summed E-state index contributed by atoms with van der Waals surface area (Å²) in [5.74, 6) is 0. The normalized spacial score (nSPS) is 11.7. The Balaban J connectivity index is 2.26. The summed E-state index contributed by atoms with van der Waals surface area (Å²) in [6.45, 7) is 0. The highest BCUT2D eigenvalue weighted by Gasteiger charge is 2.32. The van der Waals surface area contributed by atoms with Crippen molar-refractivity contribution < 1.29 is 18.1 Å². The van der Waals surface area contributed by atoms with Crippen molar-refractivity contribution in [3.8, 4) is 0 Å². The summed E-state index contributed by atoms with van der Waals surface area (Å²) in [6.07, 6.45) is -3.44. The Morgan fingerprint density at radius 3 is 2.29 bits per heavy atom. The molecule has 2 aromatic carbocycles. The van der Waals surface area contributed by atoms with Gasteiger partial charge in [0.2, 0.25) is 0 Å². The van der Waals surface area contributed by atoms with Gasteiger partial charge >= 0.3 is 6.18 Å². The molecule has 0 unspecified atom stereocenters. The summed E-state index contributed by atoms with van der Waals surface area (Å²) in [4.78, 5) is 10.3. The summed E-state index contributed by atoms with van der Waals surface area (Å²) in [5.41, 5.74) is 1.38. The minimum Gasteiger partial charge on any atom is -0.275 e. The lowest BCUT2D eigenvalue weighted by Crippen LogP contribution is -2.05. The molecule has 0 radical (unpaired) electrons. The molecular formula is C14H8Cl2F3N3O2. The van der Waals surface area contributed by atoms with Crippen molar-refractivity contribution >= 4 is 40.8 Å². The fourth-order valence-electron chi connectivity index (χ4n) is 1.77. The second-order valence-electron chi connectivity index (χ2n) is 4.50. The number of hydrogen-bond donors (Lipinski definition) is 1. The van der Waals surface area contributed by atoms with Crippen LogP contribution >= 0.6 is 23.2 Å². The highest BCUT2D eigenvalue weighted by molar-refractivity contribution is 6.39. The van der Waals surface area contributed by atoms with Crippen molar-refractivity contribution in [2.75, 3.05) is 5.43 Å². The van der Waals surface area contributed by atoms with Gasteiger partial charge in [0.25, 0.3) is 5.69 Å². The molecule has 5 nitrogen and oxygen atoms in total. The fraction of sp³-hybridized carbons (Fsp3) is 0.0714. The molecular weight excluding hydrogens is 370 g/mol. The van der Waals surface area contributed by atoms with Crippen LogP contribution in [-0.2, 0) is 6.18 Å². The number of para-hydroxylation sites is 1. The fourth-order valence-corrected chi connectivity index (χ4v) is 2.34. The quantitative estimate of drug-likeness (QED) is 0.442. The first-order valence-electron chi connectivity index (χ1n) is 6.29. The average molecular weight is 378 g/mol. The molecule has 0 bridgehead atoms. The third-order valence-electron chi connectivity index (χ3n) is 2.88. The second kappa shape index (κ2) is 7.06. The van der Waals surface area contributed by atoms with Gasteiger partial charge in [0.05, 0.1) is 38.0 Å². The van der Waals surface area contributed by atoms with Gasteiger partial charge in [0.1, 0.15) is 0 Å². The van der Waals surface area contributed by atoms with Crippen molar-refractivity contribution in [3.63, 3.8) is 0 Å². The first-order chi connectivity index (χ1) is 11.2. The van der Waals surface area contributed by atoms with Crippen molar-refractivity contribution in [1.82, 2.24) is 0 Å². The van der Waals surface area contributed by atoms with Crippen molar-refractivity contribution in [3.05, 3.63) is 67.7 Å². The number of nitrogens with one attached hydrogen (secondary N) is 1. The molecule has 10 heteroatoms. The van der Waals surface area contributed by atoms with Crippen molar-refractivity contribution in [2.24, 2.45) is 5.10 Å². The number of hydrogen-bond acceptors (Lipinski definition) is 4. The Hall–Kier alpha value is -2.32. The molecule has 0 spiro atoms. The number of nitro benzene ring substituents is 1. The molecule has 2 aromatic rings. The highest BCUT2D eigenvalue weighted by Crippen LogP contribution is 2.38. The Bertz CT molecular complexity index is 787. The van der Waals surface area contributed by atoms with E-state index < -0.39 is 16.7 Å². The summed E-state index contributed by atoms with van der Waals surface area (Å²) < 4.78 is 37.9. The topological polar surface area (TPSA) is 67.5 Å². The lowest BCUT2D eigenvalue weighted by atomic mass is 10.2. The van der Waals surface area contributed by atoms with Gasteiger partial charge in [-0.25, -0.2) is 0 Å². The van der Waals surface area contributed by atoms with E-state index in [4.69, 9.17) is 23.2 Å². The van der Waals surface area contributed by atoms with E-state index in [1.807, 2.05) is 0 Å². The van der Waals surface area contributed by atoms with Crippen LogP contribution in [0.5, 0.6) is 0 Å². The first-order valence-corrected chi connectivity index (χ1v) is 7.04. The molecule has 2 rings (SSSR count). The Labute approximate surface area is 143 Å². The van der Waals surface area contributed by atoms with E-state index in [1.165, 1.54) is 18.2 Å². The summed E-state index contributed by atoms with van der Waals surface area (Å²) in [6, 6.07) is 7.23. The lowest BCUT2D eigenvalue weighted by molar-refractivity contribution is -0.385. The maximum absolute atomic E-state index is 12.6. The third kappa shape index (κ3) is 4.15. The summed E-state index contributed by atoms with van der Waals surface area (Å²) >= 11 is 11.6. The van der Waals surface area contributed by atoms with Crippen LogP contribution in [-0.4, -0.2) is 11.1 Å². The third-order valence-corrected chi connectivity index (χ3v) is 3.48. The van der Waals surface area contributed by atoms with Gasteiger partial charge in [-0.15, -0.1) is 0 Å². The Morgan fingerprint density at radius 2 is 1.75 bits per heavy atom. The average Bonchev–Trinajstić information content (AvgIpc) is 2.49. The van der Waals surface area contributed by atoms with Crippen LogP contribution in [0.2, 0.25) is 10.0 Å². The SMILES string of the molecule is O=[N+]([O-])c1ccccc1/C=N/Nc1c(Cl)cc(C(F)(F)F)cc1Cl. The van der Waals surface area contributed by atoms with Crippen LogP contribution in [0.4, 0.5) is 24.5 Å². The summed E-state index contributed by atoms with van der Waals surface area (Å²) in [5, 5.41) is 14.0. The van der Waals surface area contributed by atoms with Crippen molar-refractivity contribution in [2.45, 2.75) is 6.18 Å². The van der Waals surface area contributed by atoms with Gasteiger partial charge < -0.3 is 0 Å². The molecule has 126 valence electrons. The number of benzene rings is 2. The number of hydrazone groups is 1. The van der Waals surface area contributed by atoms with E-state index in [-0.39, 0.29) is 27.0 Å². The molecule has 0 amide bonds. The smallest absolute Gasteiger partial charge is 0.275 e. The van der Waals surface area contributed by atoms with Gasteiger partial charge in [-0.05, 0) is 18.2 Å². The maximum Gasteiger partial charge on any atom is 0.416 e. The number of nitrogens with zero attached hydrogens (tertiary/aromatic N) is 2. The van der Waals surface area contributed by atoms with Gasteiger partial charge in [-0.2, -0.15) is 18.3 Å². The zero-order chi connectivity index (χ0) is 17.9. The van der Waals surface area contributed by atoms with Crippen LogP contribution in [0.15, 0.2) is 41.5 Å². The molecule has 0 aromatic heterocycles. The van der Waals surface area contributed by atoms with Crippen molar-refractivity contribution in [1.29, 1.82) is 0 Å². The van der Waals surface area contributed by atoms with E-state index in [9.17, 15) is 23.3 Å². The van der Waals surface area contributed by atoms with E-state index in [1.54, 1.807) is 6.07 Å². The number of anilines is 1.